The largest absolute Gasteiger partial charge is 0.416 e. The average Bonchev–Trinajstić information content (AvgIpc) is 2.74. The van der Waals surface area contributed by atoms with Crippen LogP contribution >= 0.6 is 0 Å². The number of alkyl halides is 3. The van der Waals surface area contributed by atoms with Crippen molar-refractivity contribution < 1.29 is 27.2 Å². The number of halogens is 5. The molecular formula is C22H21F5N4O2. The Morgan fingerprint density at radius 1 is 1.15 bits per heavy atom. The van der Waals surface area contributed by atoms with Gasteiger partial charge in [-0.3, -0.25) is 20.5 Å². The Balaban J connectivity index is 2.28. The van der Waals surface area contributed by atoms with Crippen LogP contribution in [-0.2, 0) is 12.7 Å². The van der Waals surface area contributed by atoms with Crippen molar-refractivity contribution in [3.8, 4) is 0 Å². The monoisotopic (exact) mass is 468 g/mol. The van der Waals surface area contributed by atoms with E-state index < -0.39 is 28.8 Å². The Bertz CT molecular complexity index is 1280. The zero-order chi connectivity index (χ0) is 24.5. The number of nitrogens with one attached hydrogen (secondary N) is 1. The van der Waals surface area contributed by atoms with Gasteiger partial charge in [-0.15, -0.1) is 0 Å². The fourth-order valence-corrected chi connectivity index (χ4v) is 3.42. The van der Waals surface area contributed by atoms with E-state index in [1.165, 1.54) is 21.7 Å². The Labute approximate surface area is 185 Å². The Morgan fingerprint density at radius 3 is 2.39 bits per heavy atom. The Kier molecular flexibility index (Phi) is 6.73. The van der Waals surface area contributed by atoms with E-state index in [0.29, 0.717) is 6.07 Å². The molecule has 33 heavy (non-hydrogen) atoms. The lowest BCUT2D eigenvalue weighted by molar-refractivity contribution is -0.137. The van der Waals surface area contributed by atoms with Gasteiger partial charge in [0.05, 0.1) is 28.9 Å². The second kappa shape index (κ2) is 9.18. The number of aliphatic imine (C=N–C) groups is 1. The number of pyridine rings is 1. The molecule has 0 spiro atoms. The van der Waals surface area contributed by atoms with Crippen LogP contribution in [0.3, 0.4) is 0 Å². The molecule has 1 aromatic heterocycles. The molecule has 0 radical (unpaired) electrons. The number of rotatable bonds is 5. The lowest BCUT2D eigenvalue weighted by atomic mass is 10.1. The predicted molar refractivity (Wildman–Crippen MR) is 115 cm³/mol. The van der Waals surface area contributed by atoms with Gasteiger partial charge in [-0.1, -0.05) is 6.07 Å². The van der Waals surface area contributed by atoms with Gasteiger partial charge in [0.25, 0.3) is 0 Å². The predicted octanol–water partition coefficient (Wildman–Crippen LogP) is 4.16. The van der Waals surface area contributed by atoms with Crippen LogP contribution in [-0.4, -0.2) is 36.3 Å². The fourth-order valence-electron chi connectivity index (χ4n) is 3.42. The average molecular weight is 468 g/mol. The molecule has 0 fully saturated rings. The first-order chi connectivity index (χ1) is 15.5. The summed E-state index contributed by atoms with van der Waals surface area (Å²) in [5, 5.41) is 9.37. The smallest absolute Gasteiger partial charge is 0.375 e. The first-order valence-electron chi connectivity index (χ1n) is 9.82. The maximum Gasteiger partial charge on any atom is 0.416 e. The molecule has 0 unspecified atom stereocenters. The molecule has 1 heterocycles. The number of hydrogen-bond acceptors (Lipinski definition) is 4. The maximum absolute atomic E-state index is 14.6. The van der Waals surface area contributed by atoms with Gasteiger partial charge < -0.3 is 9.47 Å². The third-order valence-electron chi connectivity index (χ3n) is 5.03. The lowest BCUT2D eigenvalue weighted by Crippen LogP contribution is -2.29. The number of hydrogen-bond donors (Lipinski definition) is 2. The van der Waals surface area contributed by atoms with Crippen LogP contribution in [0, 0.1) is 11.6 Å². The Morgan fingerprint density at radius 2 is 1.85 bits per heavy atom. The summed E-state index contributed by atoms with van der Waals surface area (Å²) in [6.07, 6.45) is -3.41. The van der Waals surface area contributed by atoms with Gasteiger partial charge in [-0.05, 0) is 31.2 Å². The highest BCUT2D eigenvalue weighted by molar-refractivity contribution is 6.00. The summed E-state index contributed by atoms with van der Waals surface area (Å²) in [6.45, 7) is 1.61. The number of hydroxylamine groups is 1. The molecule has 176 valence electrons. The quantitative estimate of drug-likeness (QED) is 0.255. The topological polar surface area (TPSA) is 69.9 Å². The molecule has 3 rings (SSSR count). The number of amidine groups is 1. The van der Waals surface area contributed by atoms with Gasteiger partial charge >= 0.3 is 6.18 Å². The van der Waals surface area contributed by atoms with Crippen molar-refractivity contribution in [2.24, 2.45) is 4.99 Å². The highest BCUT2D eigenvalue weighted by Crippen LogP contribution is 2.31. The van der Waals surface area contributed by atoms with Gasteiger partial charge in [0.15, 0.2) is 11.3 Å². The van der Waals surface area contributed by atoms with Gasteiger partial charge in [0.1, 0.15) is 11.6 Å². The Hall–Kier alpha value is -3.47. The molecule has 0 aliphatic rings. The lowest BCUT2D eigenvalue weighted by Gasteiger charge is -2.19. The normalized spacial score (nSPS) is 12.3. The number of benzene rings is 2. The van der Waals surface area contributed by atoms with Gasteiger partial charge in [-0.25, -0.2) is 8.78 Å². The van der Waals surface area contributed by atoms with E-state index in [-0.39, 0.29) is 46.6 Å². The van der Waals surface area contributed by atoms with E-state index in [2.05, 4.69) is 4.99 Å². The van der Waals surface area contributed by atoms with Crippen LogP contribution < -0.4 is 15.8 Å². The molecule has 3 aromatic rings. The molecule has 11 heteroatoms. The van der Waals surface area contributed by atoms with Crippen LogP contribution in [0.4, 0.5) is 27.6 Å². The highest BCUT2D eigenvalue weighted by atomic mass is 19.4. The third kappa shape index (κ3) is 4.82. The number of fused-ring (bicyclic) bond motifs is 1. The molecule has 2 N–H and O–H groups in total. The number of aromatic nitrogens is 1. The molecule has 0 aliphatic heterocycles. The second-order valence-electron chi connectivity index (χ2n) is 7.45. The summed E-state index contributed by atoms with van der Waals surface area (Å²) < 4.78 is 69.3. The summed E-state index contributed by atoms with van der Waals surface area (Å²) in [5.41, 5.74) is 0.246. The van der Waals surface area contributed by atoms with Crippen molar-refractivity contribution >= 4 is 22.4 Å². The van der Waals surface area contributed by atoms with Crippen LogP contribution in [0.1, 0.15) is 23.6 Å². The van der Waals surface area contributed by atoms with Crippen molar-refractivity contribution in [2.45, 2.75) is 19.6 Å². The molecule has 0 bridgehead atoms. The van der Waals surface area contributed by atoms with E-state index >= 15 is 0 Å². The van der Waals surface area contributed by atoms with Crippen molar-refractivity contribution in [1.29, 1.82) is 0 Å². The van der Waals surface area contributed by atoms with E-state index in [0.717, 1.165) is 18.2 Å². The first-order valence-corrected chi connectivity index (χ1v) is 9.82. The first kappa shape index (κ1) is 24.2. The van der Waals surface area contributed by atoms with E-state index in [4.69, 9.17) is 0 Å². The molecule has 6 nitrogen and oxygen atoms in total. The van der Waals surface area contributed by atoms with Crippen molar-refractivity contribution in [2.75, 3.05) is 25.5 Å². The zero-order valence-electron chi connectivity index (χ0n) is 18.0. The minimum atomic E-state index is -4.70. The summed E-state index contributed by atoms with van der Waals surface area (Å²) in [4.78, 5) is 18.5. The van der Waals surface area contributed by atoms with Crippen LogP contribution in [0.25, 0.3) is 10.9 Å². The minimum absolute atomic E-state index is 0.0676. The molecule has 0 atom stereocenters. The summed E-state index contributed by atoms with van der Waals surface area (Å²) in [5.74, 6) is -1.95. The minimum Gasteiger partial charge on any atom is -0.375 e. The second-order valence-corrected chi connectivity index (χ2v) is 7.45. The van der Waals surface area contributed by atoms with E-state index in [1.54, 1.807) is 21.0 Å². The fraction of sp³-hybridized carbons (Fsp3) is 0.273. The molecular weight excluding hydrogens is 447 g/mol. The molecule has 0 saturated heterocycles. The van der Waals surface area contributed by atoms with Crippen molar-refractivity contribution in [3.63, 3.8) is 0 Å². The molecule has 0 amide bonds. The van der Waals surface area contributed by atoms with Gasteiger partial charge in [-0.2, -0.15) is 13.2 Å². The third-order valence-corrected chi connectivity index (χ3v) is 5.03. The molecule has 0 saturated carbocycles. The SMILES string of the molecule is CCN=C(NO)c1cn(Cc2ccc(C(F)(F)F)cc2F)c2cc(N(C)C)c(F)cc2c1=O. The maximum atomic E-state index is 14.6. The summed E-state index contributed by atoms with van der Waals surface area (Å²) in [7, 11) is 3.19. The van der Waals surface area contributed by atoms with E-state index in [9.17, 15) is 32.0 Å². The van der Waals surface area contributed by atoms with Crippen molar-refractivity contribution in [3.05, 3.63) is 75.1 Å². The van der Waals surface area contributed by atoms with Gasteiger partial charge in [0.2, 0.25) is 0 Å². The standard InChI is InChI=1S/C22H21F5N4O2/c1-4-28-21(29-33)15-11-31(10-12-5-6-13(7-16(12)23)22(25,26)27)18-9-19(30(2)3)17(24)8-14(18)20(15)32/h5-9,11,33H,4,10H2,1-3H3,(H,28,29). The van der Waals surface area contributed by atoms with Crippen LogP contribution in [0.5, 0.6) is 0 Å². The van der Waals surface area contributed by atoms with Crippen molar-refractivity contribution in [1.82, 2.24) is 10.0 Å². The van der Waals surface area contributed by atoms with Crippen LogP contribution in [0.2, 0.25) is 0 Å². The highest BCUT2D eigenvalue weighted by Gasteiger charge is 2.31. The summed E-state index contributed by atoms with van der Waals surface area (Å²) >= 11 is 0. The zero-order valence-corrected chi connectivity index (χ0v) is 18.0. The van der Waals surface area contributed by atoms with Crippen LogP contribution in [0.15, 0.2) is 46.3 Å². The molecule has 0 aliphatic carbocycles. The van der Waals surface area contributed by atoms with Gasteiger partial charge in [0, 0.05) is 37.8 Å². The number of anilines is 1. The molecule has 2 aromatic carbocycles. The van der Waals surface area contributed by atoms with E-state index in [1.807, 2.05) is 5.48 Å². The number of nitrogens with zero attached hydrogens (tertiary/aromatic N) is 3. The summed E-state index contributed by atoms with van der Waals surface area (Å²) in [6, 6.07) is 4.57.